The summed E-state index contributed by atoms with van der Waals surface area (Å²) in [5, 5.41) is 9.80. The maximum Gasteiger partial charge on any atom is 0.143 e. The van der Waals surface area contributed by atoms with Crippen LogP contribution in [0.15, 0.2) is 174 Å². The lowest BCUT2D eigenvalue weighted by molar-refractivity contribution is 0.662. The maximum atomic E-state index is 6.66. The van der Waals surface area contributed by atoms with E-state index in [0.717, 1.165) is 27.3 Å². The molecule has 10 aromatic rings. The lowest BCUT2D eigenvalue weighted by atomic mass is 9.77. The van der Waals surface area contributed by atoms with Gasteiger partial charge in [-0.2, -0.15) is 0 Å². The van der Waals surface area contributed by atoms with Gasteiger partial charge in [0.15, 0.2) is 0 Å². The largest absolute Gasteiger partial charge is 0.455 e. The molecule has 0 atom stereocenters. The van der Waals surface area contributed by atoms with Crippen LogP contribution in [-0.4, -0.2) is 0 Å². The van der Waals surface area contributed by atoms with Crippen molar-refractivity contribution >= 4 is 54.3 Å². The predicted octanol–water partition coefficient (Wildman–Crippen LogP) is 14.4. The Labute approximate surface area is 302 Å². The average Bonchev–Trinajstić information content (AvgIpc) is 3.70. The monoisotopic (exact) mass is 662 g/mol. The molecule has 0 unspecified atom stereocenters. The maximum absolute atomic E-state index is 6.66. The Morgan fingerprint density at radius 1 is 0.365 bits per heavy atom. The quantitative estimate of drug-likeness (QED) is 0.172. The summed E-state index contributed by atoms with van der Waals surface area (Å²) in [4.78, 5) is 0. The molecule has 0 radical (unpaired) electrons. The SMILES string of the molecule is CC1(C)c2ccccc2-c2c1c(-c1ccc(-c3c4ccccc4c(-c4ccccc4)c4ccccc34)cc1)cc1c2ccc2c3ccccc3oc12. The van der Waals surface area contributed by atoms with Crippen LogP contribution in [-0.2, 0) is 5.41 Å². The van der Waals surface area contributed by atoms with E-state index in [4.69, 9.17) is 4.42 Å². The summed E-state index contributed by atoms with van der Waals surface area (Å²) < 4.78 is 6.66. The van der Waals surface area contributed by atoms with Gasteiger partial charge in [-0.05, 0) is 101 Å². The van der Waals surface area contributed by atoms with E-state index in [1.807, 2.05) is 0 Å². The Balaban J connectivity index is 1.17. The van der Waals surface area contributed by atoms with Gasteiger partial charge in [0.2, 0.25) is 0 Å². The molecule has 9 aromatic carbocycles. The normalized spacial score (nSPS) is 13.3. The van der Waals surface area contributed by atoms with Crippen LogP contribution in [0.5, 0.6) is 0 Å². The molecule has 11 rings (SSSR count). The van der Waals surface area contributed by atoms with Crippen LogP contribution in [0.25, 0.3) is 98.8 Å². The topological polar surface area (TPSA) is 13.1 Å². The highest BCUT2D eigenvalue weighted by Crippen LogP contribution is 2.56. The minimum absolute atomic E-state index is 0.170. The first-order chi connectivity index (χ1) is 25.6. The van der Waals surface area contributed by atoms with Crippen LogP contribution in [0.4, 0.5) is 0 Å². The molecule has 1 heteroatoms. The van der Waals surface area contributed by atoms with Gasteiger partial charge in [0, 0.05) is 21.6 Å². The molecule has 0 fully saturated rings. The molecule has 1 aliphatic rings. The van der Waals surface area contributed by atoms with Crippen LogP contribution in [0.3, 0.4) is 0 Å². The fourth-order valence-electron chi connectivity index (χ4n) is 9.37. The summed E-state index contributed by atoms with van der Waals surface area (Å²) in [7, 11) is 0. The Morgan fingerprint density at radius 2 is 0.865 bits per heavy atom. The third-order valence-corrected chi connectivity index (χ3v) is 11.6. The van der Waals surface area contributed by atoms with E-state index >= 15 is 0 Å². The predicted molar refractivity (Wildman–Crippen MR) is 220 cm³/mol. The molecule has 1 nitrogen and oxygen atoms in total. The fourth-order valence-corrected chi connectivity index (χ4v) is 9.37. The third-order valence-electron chi connectivity index (χ3n) is 11.6. The second-order valence-corrected chi connectivity index (χ2v) is 14.8. The van der Waals surface area contributed by atoms with Gasteiger partial charge in [0.05, 0.1) is 0 Å². The Hall–Kier alpha value is -6.44. The van der Waals surface area contributed by atoms with E-state index < -0.39 is 0 Å². The smallest absolute Gasteiger partial charge is 0.143 e. The molecule has 0 saturated carbocycles. The van der Waals surface area contributed by atoms with Gasteiger partial charge in [-0.3, -0.25) is 0 Å². The summed E-state index contributed by atoms with van der Waals surface area (Å²) in [6, 6.07) is 62.3. The van der Waals surface area contributed by atoms with Crippen molar-refractivity contribution in [2.45, 2.75) is 19.3 Å². The van der Waals surface area contributed by atoms with Crippen LogP contribution in [0.1, 0.15) is 25.0 Å². The lowest BCUT2D eigenvalue weighted by Gasteiger charge is -2.25. The molecule has 0 N–H and O–H groups in total. The second-order valence-electron chi connectivity index (χ2n) is 14.8. The zero-order valence-electron chi connectivity index (χ0n) is 29.1. The Morgan fingerprint density at radius 3 is 1.54 bits per heavy atom. The van der Waals surface area contributed by atoms with E-state index in [1.165, 1.54) is 82.6 Å². The molecule has 52 heavy (non-hydrogen) atoms. The minimum Gasteiger partial charge on any atom is -0.455 e. The number of rotatable bonds is 3. The molecule has 1 aromatic heterocycles. The van der Waals surface area contributed by atoms with E-state index in [1.54, 1.807) is 0 Å². The summed E-state index contributed by atoms with van der Waals surface area (Å²) in [6.45, 7) is 4.77. The molecule has 244 valence electrons. The van der Waals surface area contributed by atoms with E-state index in [9.17, 15) is 0 Å². The van der Waals surface area contributed by atoms with E-state index in [-0.39, 0.29) is 5.41 Å². The van der Waals surface area contributed by atoms with Crippen molar-refractivity contribution < 1.29 is 4.42 Å². The molecule has 0 saturated heterocycles. The van der Waals surface area contributed by atoms with Gasteiger partial charge in [-0.25, -0.2) is 0 Å². The van der Waals surface area contributed by atoms with Crippen molar-refractivity contribution in [3.05, 3.63) is 181 Å². The van der Waals surface area contributed by atoms with Crippen molar-refractivity contribution in [2.24, 2.45) is 0 Å². The van der Waals surface area contributed by atoms with Gasteiger partial charge in [-0.15, -0.1) is 0 Å². The van der Waals surface area contributed by atoms with Gasteiger partial charge in [-0.1, -0.05) is 166 Å². The summed E-state index contributed by atoms with van der Waals surface area (Å²) in [5.74, 6) is 0. The van der Waals surface area contributed by atoms with Gasteiger partial charge in [0.1, 0.15) is 11.2 Å². The molecule has 0 amide bonds. The van der Waals surface area contributed by atoms with Crippen molar-refractivity contribution in [2.75, 3.05) is 0 Å². The van der Waals surface area contributed by atoms with Gasteiger partial charge in [0.25, 0.3) is 0 Å². The van der Waals surface area contributed by atoms with E-state index in [0.29, 0.717) is 0 Å². The zero-order chi connectivity index (χ0) is 34.6. The molecule has 0 bridgehead atoms. The van der Waals surface area contributed by atoms with E-state index in [2.05, 4.69) is 184 Å². The van der Waals surface area contributed by atoms with Crippen molar-refractivity contribution in [1.29, 1.82) is 0 Å². The van der Waals surface area contributed by atoms with Gasteiger partial charge < -0.3 is 4.42 Å². The Kier molecular flexibility index (Phi) is 6.08. The van der Waals surface area contributed by atoms with Gasteiger partial charge >= 0.3 is 0 Å². The minimum atomic E-state index is -0.170. The number of furan rings is 1. The zero-order valence-corrected chi connectivity index (χ0v) is 29.1. The van der Waals surface area contributed by atoms with Crippen LogP contribution in [0, 0.1) is 0 Å². The highest BCUT2D eigenvalue weighted by molar-refractivity contribution is 6.22. The van der Waals surface area contributed by atoms with Crippen LogP contribution in [0.2, 0.25) is 0 Å². The van der Waals surface area contributed by atoms with Crippen LogP contribution >= 0.6 is 0 Å². The second kappa shape index (κ2) is 10.8. The Bertz CT molecular complexity index is 3010. The first kappa shape index (κ1) is 29.3. The fraction of sp³-hybridized carbons (Fsp3) is 0.0588. The average molecular weight is 663 g/mol. The summed E-state index contributed by atoms with van der Waals surface area (Å²) in [5.41, 5.74) is 14.6. The van der Waals surface area contributed by atoms with Crippen molar-refractivity contribution in [3.8, 4) is 44.5 Å². The first-order valence-electron chi connectivity index (χ1n) is 18.2. The molecular formula is C51H34O. The number of hydrogen-bond acceptors (Lipinski definition) is 1. The highest BCUT2D eigenvalue weighted by atomic mass is 16.3. The number of benzene rings is 9. The molecule has 0 aliphatic heterocycles. The summed E-state index contributed by atoms with van der Waals surface area (Å²) in [6.07, 6.45) is 0. The lowest BCUT2D eigenvalue weighted by Crippen LogP contribution is -2.16. The van der Waals surface area contributed by atoms with Crippen molar-refractivity contribution in [3.63, 3.8) is 0 Å². The third kappa shape index (κ3) is 3.99. The molecule has 0 spiro atoms. The van der Waals surface area contributed by atoms with Crippen molar-refractivity contribution in [1.82, 2.24) is 0 Å². The number of para-hydroxylation sites is 1. The molecule has 1 aliphatic carbocycles. The number of fused-ring (bicyclic) bond motifs is 11. The molecular weight excluding hydrogens is 629 g/mol. The number of hydrogen-bond donors (Lipinski definition) is 0. The first-order valence-corrected chi connectivity index (χ1v) is 18.2. The molecule has 1 heterocycles. The van der Waals surface area contributed by atoms with Crippen LogP contribution < -0.4 is 0 Å². The standard InChI is InChI=1S/C51H34O/c1-51(2)44-22-12-10-21-41(44)48-39-28-29-40-34-16-11-13-23-45(34)52-50(40)43(39)30-42(49(48)51)31-24-26-33(27-25-31)47-37-19-8-6-17-35(37)46(32-14-4-3-5-15-32)36-18-7-9-20-38(36)47/h3-30H,1-2H3. The highest BCUT2D eigenvalue weighted by Gasteiger charge is 2.39. The summed E-state index contributed by atoms with van der Waals surface area (Å²) >= 11 is 0.